The normalized spacial score (nSPS) is 19.4. The lowest BCUT2D eigenvalue weighted by atomic mass is 9.75. The zero-order valence-corrected chi connectivity index (χ0v) is 19.8. The van der Waals surface area contributed by atoms with Gasteiger partial charge in [-0.3, -0.25) is 9.69 Å². The number of ketones is 1. The summed E-state index contributed by atoms with van der Waals surface area (Å²) in [5.74, 6) is 1.66. The quantitative estimate of drug-likeness (QED) is 0.430. The second kappa shape index (κ2) is 8.23. The fourth-order valence-electron chi connectivity index (χ4n) is 5.07. The van der Waals surface area contributed by atoms with E-state index in [2.05, 4.69) is 26.9 Å². The van der Waals surface area contributed by atoms with Gasteiger partial charge in [0.15, 0.2) is 17.3 Å². The van der Waals surface area contributed by atoms with E-state index >= 15 is 0 Å². The van der Waals surface area contributed by atoms with Gasteiger partial charge in [-0.1, -0.05) is 22.0 Å². The van der Waals surface area contributed by atoms with Crippen LogP contribution >= 0.6 is 15.9 Å². The number of carbonyl (C=O) groups is 1. The molecule has 1 unspecified atom stereocenters. The molecule has 3 heterocycles. The van der Waals surface area contributed by atoms with Crippen LogP contribution in [0.1, 0.15) is 30.7 Å². The van der Waals surface area contributed by atoms with Crippen LogP contribution in [0.2, 0.25) is 0 Å². The highest BCUT2D eigenvalue weighted by molar-refractivity contribution is 9.10. The van der Waals surface area contributed by atoms with Crippen LogP contribution in [0.4, 0.5) is 5.69 Å². The maximum absolute atomic E-state index is 13.4. The number of rotatable bonds is 3. The maximum Gasteiger partial charge on any atom is 0.231 e. The van der Waals surface area contributed by atoms with Crippen molar-refractivity contribution in [2.45, 2.75) is 25.2 Å². The molecule has 34 heavy (non-hydrogen) atoms. The minimum Gasteiger partial charge on any atom is -0.454 e. The molecule has 0 saturated heterocycles. The molecule has 6 nitrogen and oxygen atoms in total. The lowest BCUT2D eigenvalue weighted by Gasteiger charge is -2.41. The van der Waals surface area contributed by atoms with Gasteiger partial charge in [-0.15, -0.1) is 0 Å². The first kappa shape index (κ1) is 20.8. The smallest absolute Gasteiger partial charge is 0.231 e. The Morgan fingerprint density at radius 3 is 2.53 bits per heavy atom. The van der Waals surface area contributed by atoms with Gasteiger partial charge in [0.25, 0.3) is 0 Å². The second-order valence-electron chi connectivity index (χ2n) is 8.43. The third-order valence-corrected chi connectivity index (χ3v) is 7.04. The average Bonchev–Trinajstić information content (AvgIpc) is 3.55. The van der Waals surface area contributed by atoms with E-state index in [0.717, 1.165) is 40.1 Å². The van der Waals surface area contributed by atoms with E-state index < -0.39 is 5.92 Å². The van der Waals surface area contributed by atoms with E-state index in [1.807, 2.05) is 71.6 Å². The fourth-order valence-corrected chi connectivity index (χ4v) is 5.33. The van der Waals surface area contributed by atoms with Crippen molar-refractivity contribution in [1.29, 1.82) is 5.26 Å². The highest BCUT2D eigenvalue weighted by Gasteiger charge is 2.42. The van der Waals surface area contributed by atoms with Crippen molar-refractivity contribution in [2.24, 2.45) is 0 Å². The number of benzene rings is 2. The number of nitrogens with zero attached hydrogens (tertiary/aromatic N) is 3. The summed E-state index contributed by atoms with van der Waals surface area (Å²) >= 11 is 3.52. The number of anilines is 1. The Labute approximate surface area is 205 Å². The predicted octanol–water partition coefficient (Wildman–Crippen LogP) is 5.98. The van der Waals surface area contributed by atoms with Crippen molar-refractivity contribution >= 4 is 33.2 Å². The zero-order valence-electron chi connectivity index (χ0n) is 18.2. The Morgan fingerprint density at radius 2 is 1.76 bits per heavy atom. The predicted molar refractivity (Wildman–Crippen MR) is 131 cm³/mol. The van der Waals surface area contributed by atoms with Crippen LogP contribution in [0, 0.1) is 11.3 Å². The first-order valence-electron chi connectivity index (χ1n) is 11.1. The third kappa shape index (κ3) is 3.25. The Bertz CT molecular complexity index is 1400. The maximum atomic E-state index is 13.4. The molecule has 2 aromatic carbocycles. The largest absolute Gasteiger partial charge is 0.454 e. The molecule has 168 valence electrons. The van der Waals surface area contributed by atoms with Crippen molar-refractivity contribution < 1.29 is 14.3 Å². The average molecular weight is 514 g/mol. The molecule has 7 heteroatoms. The summed E-state index contributed by atoms with van der Waals surface area (Å²) in [7, 11) is 0. The minimum atomic E-state index is -0.480. The molecule has 0 bridgehead atoms. The van der Waals surface area contributed by atoms with E-state index in [1.165, 1.54) is 0 Å². The van der Waals surface area contributed by atoms with Crippen molar-refractivity contribution in [3.63, 3.8) is 0 Å². The molecule has 0 spiro atoms. The number of Topliss-reactive ketones (excluding diaryl/α,β-unsaturated/α-hetero) is 1. The summed E-state index contributed by atoms with van der Waals surface area (Å²) in [5.41, 5.74) is 3.92. The fraction of sp³-hybridized carbons (Fsp3) is 0.185. The Morgan fingerprint density at radius 1 is 1.00 bits per heavy atom. The van der Waals surface area contributed by atoms with Crippen LogP contribution in [-0.4, -0.2) is 17.1 Å². The number of hydrogen-bond acceptors (Lipinski definition) is 5. The standard InChI is InChI=1S/C27H20BrN3O3/c28-18-7-9-19(10-8-18)31-21-4-3-5-22(32)26(21)25(17-6-11-23-24(14-17)34-16-33-23)20(15-29)27(31)30-12-1-2-13-30/h1-2,6-14,25H,3-5,16H2. The number of carbonyl (C=O) groups excluding carboxylic acids is 1. The van der Waals surface area contributed by atoms with E-state index in [9.17, 15) is 10.1 Å². The van der Waals surface area contributed by atoms with E-state index in [0.29, 0.717) is 29.1 Å². The van der Waals surface area contributed by atoms with Gasteiger partial charge < -0.3 is 14.0 Å². The van der Waals surface area contributed by atoms with Gasteiger partial charge >= 0.3 is 0 Å². The third-order valence-electron chi connectivity index (χ3n) is 6.51. The first-order valence-corrected chi connectivity index (χ1v) is 11.9. The monoisotopic (exact) mass is 513 g/mol. The molecule has 1 aromatic heterocycles. The van der Waals surface area contributed by atoms with Crippen LogP contribution in [0.15, 0.2) is 88.3 Å². The molecule has 1 aliphatic carbocycles. The summed E-state index contributed by atoms with van der Waals surface area (Å²) in [4.78, 5) is 15.5. The summed E-state index contributed by atoms with van der Waals surface area (Å²) in [6, 6.07) is 20.0. The number of hydrogen-bond donors (Lipinski definition) is 0. The second-order valence-corrected chi connectivity index (χ2v) is 9.35. The number of aromatic nitrogens is 1. The summed E-state index contributed by atoms with van der Waals surface area (Å²) in [6.45, 7) is 0.170. The first-order chi connectivity index (χ1) is 16.7. The molecule has 3 aliphatic rings. The van der Waals surface area contributed by atoms with Crippen molar-refractivity contribution in [2.75, 3.05) is 11.7 Å². The lowest BCUT2D eigenvalue weighted by Crippen LogP contribution is -2.36. The number of halogens is 1. The molecule has 6 rings (SSSR count). The summed E-state index contributed by atoms with van der Waals surface area (Å²) < 4.78 is 14.0. The lowest BCUT2D eigenvalue weighted by molar-refractivity contribution is -0.116. The number of fused-ring (bicyclic) bond motifs is 1. The van der Waals surface area contributed by atoms with E-state index in [-0.39, 0.29) is 12.6 Å². The highest BCUT2D eigenvalue weighted by Crippen LogP contribution is 2.50. The Hall–Kier alpha value is -3.76. The SMILES string of the molecule is N#CC1=C(n2cccc2)N(c2ccc(Br)cc2)C2=C(C(=O)CCC2)C1c1ccc2c(c1)OCO2. The molecule has 3 aromatic rings. The minimum absolute atomic E-state index is 0.0883. The summed E-state index contributed by atoms with van der Waals surface area (Å²) in [6.07, 6.45) is 5.88. The van der Waals surface area contributed by atoms with Gasteiger partial charge in [-0.25, -0.2) is 0 Å². The molecule has 0 N–H and O–H groups in total. The summed E-state index contributed by atoms with van der Waals surface area (Å²) in [5, 5.41) is 10.5. The Balaban J connectivity index is 1.64. The molecule has 0 amide bonds. The Kier molecular flexibility index (Phi) is 5.04. The van der Waals surface area contributed by atoms with Crippen LogP contribution in [-0.2, 0) is 4.79 Å². The van der Waals surface area contributed by atoms with Gasteiger partial charge in [0.05, 0.1) is 17.6 Å². The van der Waals surface area contributed by atoms with Gasteiger partial charge in [-0.2, -0.15) is 5.26 Å². The van der Waals surface area contributed by atoms with Crippen molar-refractivity contribution in [1.82, 2.24) is 4.57 Å². The molecule has 1 atom stereocenters. The van der Waals surface area contributed by atoms with Crippen LogP contribution in [0.25, 0.3) is 5.82 Å². The molecule has 0 fully saturated rings. The molecule has 0 radical (unpaired) electrons. The molecular formula is C27H20BrN3O3. The number of ether oxygens (including phenoxy) is 2. The molecule has 0 saturated carbocycles. The topological polar surface area (TPSA) is 67.5 Å². The van der Waals surface area contributed by atoms with Gasteiger partial charge in [0.1, 0.15) is 5.82 Å². The van der Waals surface area contributed by atoms with Gasteiger partial charge in [0.2, 0.25) is 6.79 Å². The molecular weight excluding hydrogens is 494 g/mol. The van der Waals surface area contributed by atoms with E-state index in [4.69, 9.17) is 9.47 Å². The highest BCUT2D eigenvalue weighted by atomic mass is 79.9. The van der Waals surface area contributed by atoms with Gasteiger partial charge in [0, 0.05) is 40.2 Å². The number of allylic oxidation sites excluding steroid dienone is 3. The van der Waals surface area contributed by atoms with Crippen LogP contribution in [0.3, 0.4) is 0 Å². The van der Waals surface area contributed by atoms with Crippen LogP contribution in [0.5, 0.6) is 11.5 Å². The van der Waals surface area contributed by atoms with E-state index in [1.54, 1.807) is 0 Å². The van der Waals surface area contributed by atoms with Crippen LogP contribution < -0.4 is 14.4 Å². The number of nitriles is 1. The molecule has 2 aliphatic heterocycles. The van der Waals surface area contributed by atoms with Crippen molar-refractivity contribution in [3.05, 3.63) is 93.9 Å². The van der Waals surface area contributed by atoms with Gasteiger partial charge in [-0.05, 0) is 66.9 Å². The zero-order chi connectivity index (χ0) is 23.2. The van der Waals surface area contributed by atoms with Crippen molar-refractivity contribution in [3.8, 4) is 17.6 Å².